The summed E-state index contributed by atoms with van der Waals surface area (Å²) in [6.07, 6.45) is 12.9. The van der Waals surface area contributed by atoms with Gasteiger partial charge in [-0.25, -0.2) is 9.78 Å². The minimum atomic E-state index is 0.0938. The smallest absolute Gasteiger partial charge is 0.317 e. The van der Waals surface area contributed by atoms with Gasteiger partial charge >= 0.3 is 6.03 Å². The van der Waals surface area contributed by atoms with E-state index in [0.717, 1.165) is 38.3 Å². The average Bonchev–Trinajstić information content (AvgIpc) is 3.08. The van der Waals surface area contributed by atoms with Crippen molar-refractivity contribution in [3.05, 3.63) is 12.2 Å². The number of amides is 2. The van der Waals surface area contributed by atoms with Crippen molar-refractivity contribution in [3.63, 3.8) is 0 Å². The van der Waals surface area contributed by atoms with Crippen LogP contribution in [0.4, 0.5) is 4.79 Å². The van der Waals surface area contributed by atoms with Gasteiger partial charge in [0, 0.05) is 25.6 Å². The Hall–Kier alpha value is -1.59. The Morgan fingerprint density at radius 3 is 2.70 bits per heavy atom. The first-order chi connectivity index (χ1) is 11.3. The van der Waals surface area contributed by atoms with E-state index in [1.807, 2.05) is 4.90 Å². The summed E-state index contributed by atoms with van der Waals surface area (Å²) in [4.78, 5) is 18.7. The monoisotopic (exact) mass is 319 g/mol. The van der Waals surface area contributed by atoms with E-state index >= 15 is 0 Å². The normalized spacial score (nSPS) is 24.0. The lowest BCUT2D eigenvalue weighted by Crippen LogP contribution is -2.46. The summed E-state index contributed by atoms with van der Waals surface area (Å²) in [6, 6.07) is 0.0938. The Morgan fingerprint density at radius 1 is 1.17 bits per heavy atom. The van der Waals surface area contributed by atoms with Crippen molar-refractivity contribution >= 4 is 6.03 Å². The van der Waals surface area contributed by atoms with Crippen molar-refractivity contribution in [1.82, 2.24) is 25.4 Å². The van der Waals surface area contributed by atoms with Crippen molar-refractivity contribution < 1.29 is 4.79 Å². The largest absolute Gasteiger partial charge is 0.338 e. The summed E-state index contributed by atoms with van der Waals surface area (Å²) in [6.45, 7) is 2.43. The third-order valence-electron chi connectivity index (χ3n) is 5.30. The first-order valence-corrected chi connectivity index (χ1v) is 9.21. The summed E-state index contributed by atoms with van der Waals surface area (Å²) < 4.78 is 0. The molecule has 1 atom stereocenters. The maximum absolute atomic E-state index is 12.5. The van der Waals surface area contributed by atoms with Gasteiger partial charge in [-0.05, 0) is 31.6 Å². The molecule has 2 N–H and O–H groups in total. The Kier molecular flexibility index (Phi) is 5.88. The molecule has 1 saturated carbocycles. The van der Waals surface area contributed by atoms with Crippen molar-refractivity contribution in [1.29, 1.82) is 0 Å². The molecule has 1 aromatic rings. The zero-order valence-electron chi connectivity index (χ0n) is 14.0. The number of hydrogen-bond donors (Lipinski definition) is 2. The highest BCUT2D eigenvalue weighted by atomic mass is 16.2. The van der Waals surface area contributed by atoms with Crippen LogP contribution in [0.1, 0.15) is 69.5 Å². The summed E-state index contributed by atoms with van der Waals surface area (Å²) in [5.41, 5.74) is 0. The fraction of sp³-hybridized carbons (Fsp3) is 0.824. The minimum Gasteiger partial charge on any atom is -0.338 e. The van der Waals surface area contributed by atoms with Gasteiger partial charge in [0.15, 0.2) is 0 Å². The molecule has 2 fully saturated rings. The molecule has 0 spiro atoms. The number of rotatable bonds is 3. The van der Waals surface area contributed by atoms with Gasteiger partial charge in [-0.3, -0.25) is 5.10 Å². The molecule has 2 heterocycles. The van der Waals surface area contributed by atoms with Gasteiger partial charge in [-0.1, -0.05) is 32.1 Å². The second-order valence-electron chi connectivity index (χ2n) is 7.05. The van der Waals surface area contributed by atoms with Gasteiger partial charge in [0.05, 0.1) is 0 Å². The fourth-order valence-electron chi connectivity index (χ4n) is 3.88. The second kappa shape index (κ2) is 8.31. The van der Waals surface area contributed by atoms with Gasteiger partial charge < -0.3 is 10.2 Å². The molecule has 6 nitrogen and oxygen atoms in total. The van der Waals surface area contributed by atoms with Crippen molar-refractivity contribution in [3.8, 4) is 0 Å². The number of aromatic nitrogens is 3. The van der Waals surface area contributed by atoms with Crippen LogP contribution >= 0.6 is 0 Å². The standard InChI is InChI=1S/C17H29N5O/c23-17(18-11-14-7-4-2-1-3-5-8-14)22-10-6-9-15(12-22)16-19-13-20-21-16/h13-15H,1-12H2,(H,18,23)(H,19,20,21). The van der Waals surface area contributed by atoms with E-state index in [1.165, 1.54) is 44.9 Å². The first kappa shape index (κ1) is 16.3. The SMILES string of the molecule is O=C(NCC1CCCCCCC1)N1CCCC(c2ncn[nH]2)C1. The van der Waals surface area contributed by atoms with Gasteiger partial charge in [0.25, 0.3) is 0 Å². The molecule has 0 aromatic carbocycles. The molecular weight excluding hydrogens is 290 g/mol. The van der Waals surface area contributed by atoms with E-state index in [0.29, 0.717) is 11.8 Å². The molecule has 6 heteroatoms. The highest BCUT2D eigenvalue weighted by Gasteiger charge is 2.26. The van der Waals surface area contributed by atoms with Crippen LogP contribution in [0.25, 0.3) is 0 Å². The average molecular weight is 319 g/mol. The predicted octanol–water partition coefficient (Wildman–Crippen LogP) is 3.05. The lowest BCUT2D eigenvalue weighted by Gasteiger charge is -2.32. The van der Waals surface area contributed by atoms with Crippen LogP contribution in [0.3, 0.4) is 0 Å². The number of carbonyl (C=O) groups is 1. The van der Waals surface area contributed by atoms with Gasteiger partial charge in [0.1, 0.15) is 12.2 Å². The molecule has 1 aromatic heterocycles. The molecule has 1 aliphatic heterocycles. The number of nitrogens with zero attached hydrogens (tertiary/aromatic N) is 3. The predicted molar refractivity (Wildman–Crippen MR) is 89.1 cm³/mol. The van der Waals surface area contributed by atoms with Crippen LogP contribution in [0.5, 0.6) is 0 Å². The third-order valence-corrected chi connectivity index (χ3v) is 5.30. The molecule has 0 bridgehead atoms. The molecule has 23 heavy (non-hydrogen) atoms. The number of piperidine rings is 1. The highest BCUT2D eigenvalue weighted by Crippen LogP contribution is 2.24. The maximum atomic E-state index is 12.5. The van der Waals surface area contributed by atoms with Crippen molar-refractivity contribution in [2.24, 2.45) is 5.92 Å². The molecule has 0 radical (unpaired) electrons. The Morgan fingerprint density at radius 2 is 1.96 bits per heavy atom. The van der Waals surface area contributed by atoms with Gasteiger partial charge in [0.2, 0.25) is 0 Å². The lowest BCUT2D eigenvalue weighted by molar-refractivity contribution is 0.175. The molecule has 2 aliphatic rings. The molecule has 2 amide bonds. The van der Waals surface area contributed by atoms with Crippen LogP contribution in [-0.4, -0.2) is 45.7 Å². The number of aromatic amines is 1. The summed E-state index contributed by atoms with van der Waals surface area (Å²) in [7, 11) is 0. The topological polar surface area (TPSA) is 73.9 Å². The first-order valence-electron chi connectivity index (χ1n) is 9.21. The zero-order chi connectivity index (χ0) is 15.9. The van der Waals surface area contributed by atoms with Crippen molar-refractivity contribution in [2.45, 2.75) is 63.7 Å². The van der Waals surface area contributed by atoms with Gasteiger partial charge in [-0.15, -0.1) is 0 Å². The van der Waals surface area contributed by atoms with E-state index in [9.17, 15) is 4.79 Å². The Bertz CT molecular complexity index is 467. The fourth-order valence-corrected chi connectivity index (χ4v) is 3.88. The summed E-state index contributed by atoms with van der Waals surface area (Å²) in [5.74, 6) is 1.86. The van der Waals surface area contributed by atoms with E-state index in [1.54, 1.807) is 6.33 Å². The molecule has 128 valence electrons. The number of urea groups is 1. The number of H-pyrrole nitrogens is 1. The highest BCUT2D eigenvalue weighted by molar-refractivity contribution is 5.74. The van der Waals surface area contributed by atoms with Crippen LogP contribution in [0.2, 0.25) is 0 Å². The molecular formula is C17H29N5O. The number of carbonyl (C=O) groups excluding carboxylic acids is 1. The van der Waals surface area contributed by atoms with E-state index in [4.69, 9.17) is 0 Å². The van der Waals surface area contributed by atoms with Crippen LogP contribution in [-0.2, 0) is 0 Å². The zero-order valence-corrected chi connectivity index (χ0v) is 14.0. The Labute approximate surface area is 138 Å². The molecule has 3 rings (SSSR count). The van der Waals surface area contributed by atoms with Crippen LogP contribution in [0.15, 0.2) is 6.33 Å². The van der Waals surface area contributed by atoms with Crippen LogP contribution in [0, 0.1) is 5.92 Å². The second-order valence-corrected chi connectivity index (χ2v) is 7.05. The van der Waals surface area contributed by atoms with Crippen molar-refractivity contribution in [2.75, 3.05) is 19.6 Å². The summed E-state index contributed by atoms with van der Waals surface area (Å²) >= 11 is 0. The quantitative estimate of drug-likeness (QED) is 0.899. The molecule has 1 saturated heterocycles. The minimum absolute atomic E-state index is 0.0938. The number of hydrogen-bond acceptors (Lipinski definition) is 3. The molecule has 1 unspecified atom stereocenters. The maximum Gasteiger partial charge on any atom is 0.317 e. The van der Waals surface area contributed by atoms with E-state index < -0.39 is 0 Å². The molecule has 1 aliphatic carbocycles. The van der Waals surface area contributed by atoms with Crippen LogP contribution < -0.4 is 5.32 Å². The lowest BCUT2D eigenvalue weighted by atomic mass is 9.91. The number of nitrogens with one attached hydrogen (secondary N) is 2. The van der Waals surface area contributed by atoms with E-state index in [2.05, 4.69) is 20.5 Å². The Balaban J connectivity index is 1.45. The van der Waals surface area contributed by atoms with Gasteiger partial charge in [-0.2, -0.15) is 5.10 Å². The summed E-state index contributed by atoms with van der Waals surface area (Å²) in [5, 5.41) is 10.0. The third kappa shape index (κ3) is 4.69. The van der Waals surface area contributed by atoms with E-state index in [-0.39, 0.29) is 6.03 Å². The number of likely N-dealkylation sites (tertiary alicyclic amines) is 1.